The summed E-state index contributed by atoms with van der Waals surface area (Å²) in [6.45, 7) is 1.19. The maximum absolute atomic E-state index is 11.9. The normalized spacial score (nSPS) is 17.5. The largest absolute Gasteiger partial charge is 0.351 e. The molecular weight excluding hydrogens is 324 g/mol. The smallest absolute Gasteiger partial charge is 0.244 e. The van der Waals surface area contributed by atoms with Crippen LogP contribution in [0.5, 0.6) is 0 Å². The van der Waals surface area contributed by atoms with Crippen molar-refractivity contribution in [3.05, 3.63) is 54.1 Å². The number of carbonyl (C=O) groups is 1. The van der Waals surface area contributed by atoms with Crippen LogP contribution in [0.2, 0.25) is 0 Å². The number of sulfonamides is 1. The van der Waals surface area contributed by atoms with Gasteiger partial charge < -0.3 is 5.32 Å². The molecule has 1 saturated heterocycles. The summed E-state index contributed by atoms with van der Waals surface area (Å²) in [5, 5.41) is 4.95. The molecule has 1 heterocycles. The first-order chi connectivity index (χ1) is 11.6. The van der Waals surface area contributed by atoms with Crippen LogP contribution < -0.4 is 5.32 Å². The number of hydrogen-bond donors (Lipinski definition) is 1. The van der Waals surface area contributed by atoms with Crippen LogP contribution in [-0.4, -0.2) is 44.0 Å². The van der Waals surface area contributed by atoms with E-state index in [0.29, 0.717) is 26.1 Å². The number of fused-ring (bicyclic) bond motifs is 1. The molecule has 0 aromatic heterocycles. The van der Waals surface area contributed by atoms with Crippen molar-refractivity contribution in [3.63, 3.8) is 0 Å². The molecule has 1 aliphatic rings. The Kier molecular flexibility index (Phi) is 4.97. The summed E-state index contributed by atoms with van der Waals surface area (Å²) in [5.41, 5.74) is 0.977. The van der Waals surface area contributed by atoms with E-state index < -0.39 is 10.0 Å². The second kappa shape index (κ2) is 7.15. The number of amides is 1. The topological polar surface area (TPSA) is 66.5 Å². The molecule has 3 rings (SSSR count). The number of nitrogens with zero attached hydrogens (tertiary/aromatic N) is 1. The Balaban J connectivity index is 1.57. The molecule has 0 aliphatic carbocycles. The van der Waals surface area contributed by atoms with Gasteiger partial charge in [-0.2, -0.15) is 0 Å². The van der Waals surface area contributed by atoms with Gasteiger partial charge in [0.15, 0.2) is 0 Å². The molecule has 0 unspecified atom stereocenters. The van der Waals surface area contributed by atoms with Crippen LogP contribution in [-0.2, 0) is 14.8 Å². The molecule has 5 nitrogen and oxygen atoms in total. The van der Waals surface area contributed by atoms with Crippen LogP contribution >= 0.6 is 0 Å². The van der Waals surface area contributed by atoms with Gasteiger partial charge in [-0.1, -0.05) is 42.5 Å². The Hall–Kier alpha value is -2.18. The first-order valence-corrected chi connectivity index (χ1v) is 9.59. The van der Waals surface area contributed by atoms with Crippen molar-refractivity contribution < 1.29 is 13.2 Å². The molecule has 1 N–H and O–H groups in total. The van der Waals surface area contributed by atoms with E-state index >= 15 is 0 Å². The van der Waals surface area contributed by atoms with Gasteiger partial charge in [0.1, 0.15) is 0 Å². The van der Waals surface area contributed by atoms with E-state index in [4.69, 9.17) is 0 Å². The lowest BCUT2D eigenvalue weighted by Gasteiger charge is -2.13. The summed E-state index contributed by atoms with van der Waals surface area (Å²) in [6.07, 6.45) is 3.93. The molecule has 126 valence electrons. The molecule has 24 heavy (non-hydrogen) atoms. The average molecular weight is 344 g/mol. The molecule has 1 aliphatic heterocycles. The first-order valence-electron chi connectivity index (χ1n) is 7.98. The minimum atomic E-state index is -3.10. The number of rotatable bonds is 5. The van der Waals surface area contributed by atoms with Crippen molar-refractivity contribution in [2.45, 2.75) is 6.42 Å². The van der Waals surface area contributed by atoms with Crippen molar-refractivity contribution >= 4 is 32.8 Å². The van der Waals surface area contributed by atoms with Crippen molar-refractivity contribution in [2.24, 2.45) is 0 Å². The van der Waals surface area contributed by atoms with E-state index in [1.165, 1.54) is 10.4 Å². The predicted molar refractivity (Wildman–Crippen MR) is 96.0 cm³/mol. The molecule has 2 aromatic rings. The van der Waals surface area contributed by atoms with Gasteiger partial charge in [-0.05, 0) is 28.8 Å². The van der Waals surface area contributed by atoms with Gasteiger partial charge in [-0.25, -0.2) is 12.7 Å². The van der Waals surface area contributed by atoms with E-state index in [1.54, 1.807) is 6.08 Å². The fourth-order valence-corrected chi connectivity index (χ4v) is 4.40. The second-order valence-corrected chi connectivity index (χ2v) is 7.85. The van der Waals surface area contributed by atoms with E-state index in [-0.39, 0.29) is 11.7 Å². The van der Waals surface area contributed by atoms with Crippen molar-refractivity contribution in [3.8, 4) is 0 Å². The van der Waals surface area contributed by atoms with E-state index in [9.17, 15) is 13.2 Å². The Morgan fingerprint density at radius 3 is 2.75 bits per heavy atom. The lowest BCUT2D eigenvalue weighted by molar-refractivity contribution is -0.116. The Bertz CT molecular complexity index is 869. The monoisotopic (exact) mass is 344 g/mol. The molecule has 6 heteroatoms. The summed E-state index contributed by atoms with van der Waals surface area (Å²) >= 11 is 0. The Morgan fingerprint density at radius 2 is 1.96 bits per heavy atom. The molecular formula is C18H20N2O3S. The molecule has 1 amide bonds. The zero-order chi connectivity index (χ0) is 17.0. The van der Waals surface area contributed by atoms with E-state index in [2.05, 4.69) is 5.32 Å². The fourth-order valence-electron chi connectivity index (χ4n) is 2.87. The lowest BCUT2D eigenvalue weighted by atomic mass is 10.0. The van der Waals surface area contributed by atoms with E-state index in [0.717, 1.165) is 16.3 Å². The van der Waals surface area contributed by atoms with Gasteiger partial charge in [0.2, 0.25) is 15.9 Å². The number of hydrogen-bond acceptors (Lipinski definition) is 3. The molecule has 0 spiro atoms. The summed E-state index contributed by atoms with van der Waals surface area (Å²) < 4.78 is 24.8. The maximum Gasteiger partial charge on any atom is 0.244 e. The van der Waals surface area contributed by atoms with E-state index in [1.807, 2.05) is 42.5 Å². The van der Waals surface area contributed by atoms with Crippen LogP contribution in [0.1, 0.15) is 12.0 Å². The third-order valence-electron chi connectivity index (χ3n) is 4.10. The summed E-state index contributed by atoms with van der Waals surface area (Å²) in [6, 6.07) is 13.9. The maximum atomic E-state index is 11.9. The molecule has 0 radical (unpaired) electrons. The summed E-state index contributed by atoms with van der Waals surface area (Å²) in [4.78, 5) is 11.9. The van der Waals surface area contributed by atoms with Gasteiger partial charge in [-0.15, -0.1) is 0 Å². The highest BCUT2D eigenvalue weighted by Crippen LogP contribution is 2.19. The van der Waals surface area contributed by atoms with Crippen molar-refractivity contribution in [1.82, 2.24) is 9.62 Å². The van der Waals surface area contributed by atoms with Gasteiger partial charge >= 0.3 is 0 Å². The van der Waals surface area contributed by atoms with Gasteiger partial charge in [0.05, 0.1) is 5.75 Å². The van der Waals surface area contributed by atoms with Crippen LogP contribution in [0.15, 0.2) is 48.5 Å². The number of nitrogens with one attached hydrogen (secondary N) is 1. The molecule has 0 atom stereocenters. The highest BCUT2D eigenvalue weighted by atomic mass is 32.2. The Labute approximate surface area is 142 Å². The lowest BCUT2D eigenvalue weighted by Crippen LogP contribution is -2.35. The zero-order valence-corrected chi connectivity index (χ0v) is 14.1. The molecule has 2 aromatic carbocycles. The minimum Gasteiger partial charge on any atom is -0.351 e. The SMILES string of the molecule is O=C(/C=C/c1cccc2ccccc12)NCCN1CCCS1(=O)=O. The second-order valence-electron chi connectivity index (χ2n) is 5.76. The quantitative estimate of drug-likeness (QED) is 0.844. The molecule has 0 bridgehead atoms. The van der Waals surface area contributed by atoms with Gasteiger partial charge in [0.25, 0.3) is 0 Å². The number of benzene rings is 2. The number of carbonyl (C=O) groups excluding carboxylic acids is 1. The highest BCUT2D eigenvalue weighted by Gasteiger charge is 2.27. The van der Waals surface area contributed by atoms with Crippen LogP contribution in [0.3, 0.4) is 0 Å². The minimum absolute atomic E-state index is 0.210. The predicted octanol–water partition coefficient (Wildman–Crippen LogP) is 2.00. The average Bonchev–Trinajstić information content (AvgIpc) is 2.91. The Morgan fingerprint density at radius 1 is 1.17 bits per heavy atom. The summed E-state index contributed by atoms with van der Waals surface area (Å²) in [5.74, 6) is -0.0124. The zero-order valence-electron chi connectivity index (χ0n) is 13.3. The van der Waals surface area contributed by atoms with Gasteiger partial charge in [-0.3, -0.25) is 4.79 Å². The molecule has 1 fully saturated rings. The first kappa shape index (κ1) is 16.7. The highest BCUT2D eigenvalue weighted by molar-refractivity contribution is 7.89. The summed E-state index contributed by atoms with van der Waals surface area (Å²) in [7, 11) is -3.10. The van der Waals surface area contributed by atoms with Crippen molar-refractivity contribution in [1.29, 1.82) is 0 Å². The van der Waals surface area contributed by atoms with Crippen molar-refractivity contribution in [2.75, 3.05) is 25.4 Å². The fraction of sp³-hybridized carbons (Fsp3) is 0.278. The standard InChI is InChI=1S/C18H20N2O3S/c21-18(19-11-13-20-12-4-14-24(20,22)23)10-9-16-7-3-6-15-5-1-2-8-17(15)16/h1-3,5-10H,4,11-14H2,(H,19,21)/b10-9+. The third kappa shape index (κ3) is 3.83. The van der Waals surface area contributed by atoms with Crippen LogP contribution in [0, 0.1) is 0 Å². The van der Waals surface area contributed by atoms with Crippen LogP contribution in [0.4, 0.5) is 0 Å². The third-order valence-corrected chi connectivity index (χ3v) is 6.06. The molecule has 0 saturated carbocycles. The van der Waals surface area contributed by atoms with Gasteiger partial charge in [0, 0.05) is 25.7 Å². The van der Waals surface area contributed by atoms with Crippen LogP contribution in [0.25, 0.3) is 16.8 Å².